The molecule has 0 amide bonds. The summed E-state index contributed by atoms with van der Waals surface area (Å²) < 4.78 is 4.78. The quantitative estimate of drug-likeness (QED) is 0.461. The fourth-order valence-electron chi connectivity index (χ4n) is 1.32. The third-order valence-corrected chi connectivity index (χ3v) is 1.92. The van der Waals surface area contributed by atoms with E-state index >= 15 is 0 Å². The monoisotopic (exact) mass is 128 g/mol. The molecule has 2 aliphatic rings. The highest BCUT2D eigenvalue weighted by Crippen LogP contribution is 2.43. The van der Waals surface area contributed by atoms with Gasteiger partial charge in [0.05, 0.1) is 0 Å². The van der Waals surface area contributed by atoms with Gasteiger partial charge in [0.1, 0.15) is 0 Å². The lowest BCUT2D eigenvalue weighted by Gasteiger charge is -2.08. The highest BCUT2D eigenvalue weighted by Gasteiger charge is 2.60. The van der Waals surface area contributed by atoms with Crippen LogP contribution >= 0.6 is 0 Å². The number of aliphatic hydroxyl groups is 1. The molecule has 0 radical (unpaired) electrons. The average Bonchev–Trinajstić information content (AvgIpc) is 2.43. The van der Waals surface area contributed by atoms with Crippen molar-refractivity contribution in [1.29, 1.82) is 0 Å². The molecule has 0 aromatic rings. The lowest BCUT2D eigenvalue weighted by molar-refractivity contribution is -0.121. The fraction of sp³-hybridized carbons (Fsp3) is 0.833. The van der Waals surface area contributed by atoms with Crippen LogP contribution in [0, 0.1) is 0 Å². The van der Waals surface area contributed by atoms with Crippen molar-refractivity contribution in [3.8, 4) is 0 Å². The molecule has 2 rings (SSSR count). The first-order chi connectivity index (χ1) is 4.22. The van der Waals surface area contributed by atoms with Crippen LogP contribution in [0.1, 0.15) is 19.3 Å². The zero-order valence-electron chi connectivity index (χ0n) is 4.96. The van der Waals surface area contributed by atoms with Gasteiger partial charge in [-0.15, -0.1) is 0 Å². The van der Waals surface area contributed by atoms with Gasteiger partial charge >= 0.3 is 0 Å². The average molecular weight is 128 g/mol. The Bertz CT molecular complexity index is 166. The Morgan fingerprint density at radius 3 is 3.11 bits per heavy atom. The van der Waals surface area contributed by atoms with Crippen molar-refractivity contribution in [1.82, 2.24) is 0 Å². The summed E-state index contributed by atoms with van der Waals surface area (Å²) in [5, 5.41) is 9.18. The minimum absolute atomic E-state index is 0.0590. The number of hydrogen-bond donors (Lipinski definition) is 1. The van der Waals surface area contributed by atoms with Gasteiger partial charge < -0.3 is 9.84 Å². The molecule has 0 aromatic heterocycles. The summed E-state index contributed by atoms with van der Waals surface area (Å²) in [6.07, 6.45) is 1.51. The number of carbonyl (C=O) groups is 1. The lowest BCUT2D eigenvalue weighted by atomic mass is 9.97. The van der Waals surface area contributed by atoms with Gasteiger partial charge in [-0.2, -0.15) is 0 Å². The SMILES string of the molecule is O=C1CCCC2(O)OC12. The maximum Gasteiger partial charge on any atom is 0.200 e. The van der Waals surface area contributed by atoms with Gasteiger partial charge in [0.15, 0.2) is 11.9 Å². The zero-order valence-corrected chi connectivity index (χ0v) is 4.96. The molecule has 3 heteroatoms. The van der Waals surface area contributed by atoms with E-state index in [1.165, 1.54) is 0 Å². The molecule has 1 aliphatic carbocycles. The predicted molar refractivity (Wildman–Crippen MR) is 28.7 cm³/mol. The molecule has 1 saturated heterocycles. The Morgan fingerprint density at radius 1 is 1.78 bits per heavy atom. The summed E-state index contributed by atoms with van der Waals surface area (Å²) >= 11 is 0. The highest BCUT2D eigenvalue weighted by atomic mass is 16.7. The molecule has 1 saturated carbocycles. The van der Waals surface area contributed by atoms with E-state index in [4.69, 9.17) is 4.74 Å². The van der Waals surface area contributed by atoms with Crippen LogP contribution in [-0.4, -0.2) is 22.8 Å². The van der Waals surface area contributed by atoms with Gasteiger partial charge in [-0.3, -0.25) is 4.79 Å². The second kappa shape index (κ2) is 1.36. The Balaban J connectivity index is 2.16. The Kier molecular flexibility index (Phi) is 0.811. The molecule has 2 atom stereocenters. The van der Waals surface area contributed by atoms with Gasteiger partial charge in [0, 0.05) is 12.8 Å². The summed E-state index contributed by atoms with van der Waals surface area (Å²) in [6, 6.07) is 0. The number of carbonyl (C=O) groups excluding carboxylic acids is 1. The lowest BCUT2D eigenvalue weighted by Crippen LogP contribution is -2.25. The molecule has 50 valence electrons. The normalized spacial score (nSPS) is 48.6. The van der Waals surface area contributed by atoms with Crippen LogP contribution in [0.2, 0.25) is 0 Å². The second-order valence-electron chi connectivity index (χ2n) is 2.66. The summed E-state index contributed by atoms with van der Waals surface area (Å²) in [6.45, 7) is 0. The first kappa shape index (κ1) is 5.38. The van der Waals surface area contributed by atoms with E-state index in [1.807, 2.05) is 0 Å². The number of ketones is 1. The minimum atomic E-state index is -1.03. The number of Topliss-reactive ketones (excluding diaryl/α,β-unsaturated/α-hetero) is 1. The van der Waals surface area contributed by atoms with E-state index in [0.717, 1.165) is 6.42 Å². The first-order valence-electron chi connectivity index (χ1n) is 3.15. The molecule has 3 nitrogen and oxygen atoms in total. The van der Waals surface area contributed by atoms with E-state index in [9.17, 15) is 9.90 Å². The molecule has 2 fully saturated rings. The van der Waals surface area contributed by atoms with Crippen molar-refractivity contribution in [3.05, 3.63) is 0 Å². The van der Waals surface area contributed by atoms with Crippen LogP contribution in [0.15, 0.2) is 0 Å². The van der Waals surface area contributed by atoms with Gasteiger partial charge in [0.2, 0.25) is 5.79 Å². The number of hydrogen-bond acceptors (Lipinski definition) is 3. The topological polar surface area (TPSA) is 49.8 Å². The molecule has 0 aromatic carbocycles. The van der Waals surface area contributed by atoms with Crippen molar-refractivity contribution in [3.63, 3.8) is 0 Å². The summed E-state index contributed by atoms with van der Waals surface area (Å²) in [5.41, 5.74) is 0. The largest absolute Gasteiger partial charge is 0.363 e. The van der Waals surface area contributed by atoms with E-state index in [1.54, 1.807) is 0 Å². The van der Waals surface area contributed by atoms with E-state index in [0.29, 0.717) is 12.8 Å². The minimum Gasteiger partial charge on any atom is -0.363 e. The molecule has 1 heterocycles. The summed E-state index contributed by atoms with van der Waals surface area (Å²) in [5.74, 6) is -0.973. The van der Waals surface area contributed by atoms with E-state index in [-0.39, 0.29) is 5.78 Å². The van der Waals surface area contributed by atoms with Crippen LogP contribution in [0.5, 0.6) is 0 Å². The summed E-state index contributed by atoms with van der Waals surface area (Å²) in [7, 11) is 0. The van der Waals surface area contributed by atoms with Gasteiger partial charge in [-0.25, -0.2) is 0 Å². The number of epoxide rings is 1. The van der Waals surface area contributed by atoms with Crippen molar-refractivity contribution in [2.75, 3.05) is 0 Å². The first-order valence-corrected chi connectivity index (χ1v) is 3.15. The van der Waals surface area contributed by atoms with Gasteiger partial charge in [-0.05, 0) is 6.42 Å². The van der Waals surface area contributed by atoms with Crippen molar-refractivity contribution in [2.24, 2.45) is 0 Å². The highest BCUT2D eigenvalue weighted by molar-refractivity contribution is 5.87. The number of rotatable bonds is 0. The summed E-state index contributed by atoms with van der Waals surface area (Å²) in [4.78, 5) is 10.8. The van der Waals surface area contributed by atoms with Crippen LogP contribution in [0.3, 0.4) is 0 Å². The number of ether oxygens (including phenoxy) is 1. The third-order valence-electron chi connectivity index (χ3n) is 1.92. The predicted octanol–water partition coefficient (Wildman–Crippen LogP) is -0.173. The molecule has 1 aliphatic heterocycles. The molecule has 1 N–H and O–H groups in total. The Hall–Kier alpha value is -0.410. The van der Waals surface area contributed by atoms with Crippen LogP contribution in [-0.2, 0) is 9.53 Å². The zero-order chi connectivity index (χ0) is 6.48. The van der Waals surface area contributed by atoms with Crippen molar-refractivity contribution in [2.45, 2.75) is 31.2 Å². The van der Waals surface area contributed by atoms with Crippen LogP contribution in [0.25, 0.3) is 0 Å². The molecular formula is C6H8O3. The van der Waals surface area contributed by atoms with Crippen molar-refractivity contribution >= 4 is 5.78 Å². The van der Waals surface area contributed by atoms with Crippen LogP contribution in [0.4, 0.5) is 0 Å². The Labute approximate surface area is 52.6 Å². The smallest absolute Gasteiger partial charge is 0.200 e. The molecular weight excluding hydrogens is 120 g/mol. The fourth-order valence-corrected chi connectivity index (χ4v) is 1.32. The third kappa shape index (κ3) is 0.618. The van der Waals surface area contributed by atoms with Gasteiger partial charge in [0.25, 0.3) is 0 Å². The van der Waals surface area contributed by atoms with Crippen molar-refractivity contribution < 1.29 is 14.6 Å². The Morgan fingerprint density at radius 2 is 2.56 bits per heavy atom. The molecule has 9 heavy (non-hydrogen) atoms. The molecule has 0 spiro atoms. The van der Waals surface area contributed by atoms with Gasteiger partial charge in [-0.1, -0.05) is 0 Å². The van der Waals surface area contributed by atoms with Crippen LogP contribution < -0.4 is 0 Å². The maximum absolute atomic E-state index is 10.8. The second-order valence-corrected chi connectivity index (χ2v) is 2.66. The standard InChI is InChI=1S/C6H8O3/c7-4-2-1-3-6(8)5(4)9-6/h5,8H,1-3H2. The molecule has 0 bridgehead atoms. The number of fused-ring (bicyclic) bond motifs is 1. The van der Waals surface area contributed by atoms with E-state index < -0.39 is 11.9 Å². The molecule has 2 unspecified atom stereocenters. The maximum atomic E-state index is 10.8. The van der Waals surface area contributed by atoms with E-state index in [2.05, 4.69) is 0 Å².